The van der Waals surface area contributed by atoms with Gasteiger partial charge in [0.05, 0.1) is 12.1 Å². The van der Waals surface area contributed by atoms with E-state index in [1.807, 2.05) is 72.8 Å². The summed E-state index contributed by atoms with van der Waals surface area (Å²) in [5.41, 5.74) is 2.62. The van der Waals surface area contributed by atoms with Gasteiger partial charge in [0.25, 0.3) is 11.8 Å². The monoisotopic (exact) mass is 527 g/mol. The molecule has 0 aliphatic carbocycles. The van der Waals surface area contributed by atoms with Crippen LogP contribution in [0.25, 0.3) is 0 Å². The predicted octanol–water partition coefficient (Wildman–Crippen LogP) is 6.02. The average molecular weight is 528 g/mol. The Balaban J connectivity index is 1.38. The molecule has 2 N–H and O–H groups in total. The molecule has 0 saturated carbocycles. The Kier molecular flexibility index (Phi) is 9.88. The van der Waals surface area contributed by atoms with Crippen LogP contribution >= 0.6 is 8.25 Å². The highest BCUT2D eigenvalue weighted by molar-refractivity contribution is 7.33. The zero-order chi connectivity index (χ0) is 26.6. The van der Waals surface area contributed by atoms with Crippen LogP contribution in [0.1, 0.15) is 43.9 Å². The van der Waals surface area contributed by atoms with Crippen molar-refractivity contribution < 1.29 is 23.2 Å². The summed E-state index contributed by atoms with van der Waals surface area (Å²) in [5, 5.41) is 5.87. The minimum atomic E-state index is -2.54. The molecule has 0 saturated heterocycles. The van der Waals surface area contributed by atoms with Crippen molar-refractivity contribution >= 4 is 20.1 Å². The van der Waals surface area contributed by atoms with Gasteiger partial charge in [-0.3, -0.25) is 9.59 Å². The number of hydrogen-bond donors (Lipinski definition) is 2. The summed E-state index contributed by atoms with van der Waals surface area (Å²) in [7, 11) is -2.54. The van der Waals surface area contributed by atoms with E-state index in [-0.39, 0.29) is 25.0 Å². The van der Waals surface area contributed by atoms with Crippen molar-refractivity contribution in [2.75, 3.05) is 13.2 Å². The molecular weight excluding hydrogens is 499 g/mol. The molecule has 4 aromatic rings. The van der Waals surface area contributed by atoms with Crippen LogP contribution in [-0.4, -0.2) is 25.0 Å². The van der Waals surface area contributed by atoms with E-state index in [0.717, 1.165) is 11.1 Å². The maximum Gasteiger partial charge on any atom is 0.697 e. The maximum absolute atomic E-state index is 12.8. The normalized spacial score (nSPS) is 12.7. The van der Waals surface area contributed by atoms with E-state index < -0.39 is 20.3 Å². The van der Waals surface area contributed by atoms with Crippen LogP contribution in [0.2, 0.25) is 0 Å². The van der Waals surface area contributed by atoms with Gasteiger partial charge in [0.2, 0.25) is 0 Å². The van der Waals surface area contributed by atoms with Gasteiger partial charge in [-0.15, -0.1) is 9.05 Å². The standard InChI is InChI=1S/C30H27N2O5P/c33-29(25-17-9-3-10-18-25)31-27(23-13-5-1-6-14-23)21-36-38(35)37-22-28(24-15-7-2-8-16-24)32-30(34)26-19-11-4-12-20-26/h1-20,27-28H,21-22H2,(H-,31,32,33,34)/p+1. The van der Waals surface area contributed by atoms with Crippen LogP contribution < -0.4 is 10.6 Å². The molecule has 4 aromatic carbocycles. The summed E-state index contributed by atoms with van der Waals surface area (Å²) in [6, 6.07) is 35.2. The molecule has 0 aliphatic heterocycles. The molecule has 4 rings (SSSR count). The van der Waals surface area contributed by atoms with Crippen molar-refractivity contribution in [2.24, 2.45) is 0 Å². The Bertz CT molecular complexity index is 1220. The second-order valence-corrected chi connectivity index (χ2v) is 9.38. The zero-order valence-corrected chi connectivity index (χ0v) is 21.5. The third kappa shape index (κ3) is 7.92. The summed E-state index contributed by atoms with van der Waals surface area (Å²) in [5.74, 6) is -0.543. The summed E-state index contributed by atoms with van der Waals surface area (Å²) >= 11 is 0. The predicted molar refractivity (Wildman–Crippen MR) is 146 cm³/mol. The Morgan fingerprint density at radius 3 is 1.21 bits per heavy atom. The number of nitrogens with one attached hydrogen (secondary N) is 2. The second kappa shape index (κ2) is 14.0. The molecular formula is C30H28N2O5P+. The molecule has 0 heterocycles. The second-order valence-electron chi connectivity index (χ2n) is 8.42. The Morgan fingerprint density at radius 2 is 0.868 bits per heavy atom. The lowest BCUT2D eigenvalue weighted by atomic mass is 10.1. The van der Waals surface area contributed by atoms with Gasteiger partial charge in [-0.1, -0.05) is 97.1 Å². The van der Waals surface area contributed by atoms with Gasteiger partial charge in [0, 0.05) is 15.7 Å². The number of carbonyl (C=O) groups is 2. The van der Waals surface area contributed by atoms with E-state index in [0.29, 0.717) is 11.1 Å². The molecule has 192 valence electrons. The highest BCUT2D eigenvalue weighted by Crippen LogP contribution is 2.29. The lowest BCUT2D eigenvalue weighted by molar-refractivity contribution is 0.0912. The number of benzene rings is 4. The SMILES string of the molecule is O=C(NC(CO[P+](=O)OCC(NC(=O)c1ccccc1)c1ccccc1)c1ccccc1)c1ccccc1. The maximum atomic E-state index is 12.8. The number of amides is 2. The van der Waals surface area contributed by atoms with Gasteiger partial charge < -0.3 is 10.6 Å². The lowest BCUT2D eigenvalue weighted by Crippen LogP contribution is -2.31. The zero-order valence-electron chi connectivity index (χ0n) is 20.6. The van der Waals surface area contributed by atoms with Crippen LogP contribution in [0.15, 0.2) is 121 Å². The first-order valence-corrected chi connectivity index (χ1v) is 13.2. The third-order valence-corrected chi connectivity index (χ3v) is 6.50. The van der Waals surface area contributed by atoms with Crippen molar-refractivity contribution in [3.8, 4) is 0 Å². The molecule has 38 heavy (non-hydrogen) atoms. The molecule has 7 nitrogen and oxygen atoms in total. The van der Waals surface area contributed by atoms with E-state index in [9.17, 15) is 14.2 Å². The average Bonchev–Trinajstić information content (AvgIpc) is 2.99. The lowest BCUT2D eigenvalue weighted by Gasteiger charge is -2.17. The first kappa shape index (κ1) is 26.9. The Labute approximate surface area is 222 Å². The number of hydrogen-bond acceptors (Lipinski definition) is 5. The van der Waals surface area contributed by atoms with Gasteiger partial charge in [-0.05, 0) is 35.4 Å². The van der Waals surface area contributed by atoms with Crippen molar-refractivity contribution in [1.82, 2.24) is 10.6 Å². The quantitative estimate of drug-likeness (QED) is 0.220. The molecule has 0 fully saturated rings. The van der Waals surface area contributed by atoms with Gasteiger partial charge >= 0.3 is 8.25 Å². The summed E-state index contributed by atoms with van der Waals surface area (Å²) in [6.45, 7) is -0.131. The van der Waals surface area contributed by atoms with Gasteiger partial charge in [-0.2, -0.15) is 0 Å². The molecule has 8 heteroatoms. The Hall–Kier alpha value is -4.16. The fourth-order valence-electron chi connectivity index (χ4n) is 3.78. The van der Waals surface area contributed by atoms with Gasteiger partial charge in [0.1, 0.15) is 13.2 Å². The number of carbonyl (C=O) groups excluding carboxylic acids is 2. The third-order valence-electron chi connectivity index (χ3n) is 5.78. The van der Waals surface area contributed by atoms with Crippen molar-refractivity contribution in [1.29, 1.82) is 0 Å². The highest BCUT2D eigenvalue weighted by atomic mass is 31.1. The molecule has 0 aliphatic rings. The molecule has 0 aromatic heterocycles. The molecule has 2 atom stereocenters. The van der Waals surface area contributed by atoms with Crippen LogP contribution in [-0.2, 0) is 13.6 Å². The smallest absolute Gasteiger partial charge is 0.343 e. The van der Waals surface area contributed by atoms with E-state index in [1.54, 1.807) is 48.5 Å². The summed E-state index contributed by atoms with van der Waals surface area (Å²) < 4.78 is 23.8. The van der Waals surface area contributed by atoms with Crippen LogP contribution in [0.5, 0.6) is 0 Å². The fourth-order valence-corrected chi connectivity index (χ4v) is 4.40. The topological polar surface area (TPSA) is 93.7 Å². The van der Waals surface area contributed by atoms with Crippen molar-refractivity contribution in [3.63, 3.8) is 0 Å². The van der Waals surface area contributed by atoms with E-state index in [1.165, 1.54) is 0 Å². The van der Waals surface area contributed by atoms with Crippen LogP contribution in [0.3, 0.4) is 0 Å². The molecule has 2 amide bonds. The Morgan fingerprint density at radius 1 is 0.553 bits per heavy atom. The molecule has 0 bridgehead atoms. The van der Waals surface area contributed by atoms with Crippen molar-refractivity contribution in [3.05, 3.63) is 144 Å². The number of rotatable bonds is 12. The van der Waals surface area contributed by atoms with Crippen LogP contribution in [0, 0.1) is 0 Å². The summed E-state index contributed by atoms with van der Waals surface area (Å²) in [6.07, 6.45) is 0. The van der Waals surface area contributed by atoms with E-state index in [2.05, 4.69) is 10.6 Å². The first-order valence-electron chi connectivity index (χ1n) is 12.1. The minimum absolute atomic E-state index is 0.0653. The molecule has 0 radical (unpaired) electrons. The van der Waals surface area contributed by atoms with Crippen molar-refractivity contribution in [2.45, 2.75) is 12.1 Å². The fraction of sp³-hybridized carbons (Fsp3) is 0.133. The van der Waals surface area contributed by atoms with Crippen LogP contribution in [0.4, 0.5) is 0 Å². The first-order chi connectivity index (χ1) is 18.6. The van der Waals surface area contributed by atoms with Gasteiger partial charge in [0.15, 0.2) is 0 Å². The summed E-state index contributed by atoms with van der Waals surface area (Å²) in [4.78, 5) is 25.5. The highest BCUT2D eigenvalue weighted by Gasteiger charge is 2.28. The largest absolute Gasteiger partial charge is 0.697 e. The molecule has 0 spiro atoms. The van der Waals surface area contributed by atoms with E-state index >= 15 is 0 Å². The van der Waals surface area contributed by atoms with Gasteiger partial charge in [-0.25, -0.2) is 0 Å². The molecule has 2 unspecified atom stereocenters. The van der Waals surface area contributed by atoms with E-state index in [4.69, 9.17) is 9.05 Å². The minimum Gasteiger partial charge on any atom is -0.343 e.